The highest BCUT2D eigenvalue weighted by Gasteiger charge is 2.70. The van der Waals surface area contributed by atoms with Crippen LogP contribution in [0.25, 0.3) is 0 Å². The van der Waals surface area contributed by atoms with Crippen molar-refractivity contribution in [2.24, 2.45) is 0 Å². The van der Waals surface area contributed by atoms with E-state index in [-0.39, 0.29) is 17.1 Å². The third-order valence-electron chi connectivity index (χ3n) is 4.03. The highest BCUT2D eigenvalue weighted by Crippen LogP contribution is 2.28. The van der Waals surface area contributed by atoms with Crippen LogP contribution in [0.5, 0.6) is 5.75 Å². The number of carbonyl (C=O) groups is 2. The Bertz CT molecular complexity index is 913. The van der Waals surface area contributed by atoms with Gasteiger partial charge in [0, 0.05) is 0 Å². The van der Waals surface area contributed by atoms with Crippen molar-refractivity contribution in [1.29, 1.82) is 0 Å². The Morgan fingerprint density at radius 1 is 1.11 bits per heavy atom. The monoisotopic (exact) mass is 378 g/mol. The Hall–Kier alpha value is -3.36. The van der Waals surface area contributed by atoms with E-state index in [0.717, 1.165) is 0 Å². The molecular weight excluding hydrogens is 363 g/mol. The molecule has 27 heavy (non-hydrogen) atoms. The molecule has 0 spiro atoms. The number of carbonyl (C=O) groups excluding carboxylic acids is 2. The number of amidine groups is 1. The van der Waals surface area contributed by atoms with E-state index in [9.17, 15) is 22.8 Å². The zero-order valence-electron chi connectivity index (χ0n) is 14.1. The van der Waals surface area contributed by atoms with Crippen LogP contribution in [0.3, 0.4) is 0 Å². The fraction of sp³-hybridized carbons (Fsp3) is 0.167. The first-order valence-corrected chi connectivity index (χ1v) is 7.83. The molecule has 3 rings (SSSR count). The molecule has 140 valence electrons. The van der Waals surface area contributed by atoms with E-state index in [1.165, 1.54) is 37.4 Å². The van der Waals surface area contributed by atoms with Crippen LogP contribution >= 0.6 is 0 Å². The summed E-state index contributed by atoms with van der Waals surface area (Å²) in [6.45, 7) is 0. The van der Waals surface area contributed by atoms with Crippen molar-refractivity contribution in [3.8, 4) is 5.75 Å². The molecule has 0 saturated carbocycles. The highest BCUT2D eigenvalue weighted by atomic mass is 19.4. The van der Waals surface area contributed by atoms with Crippen LogP contribution in [0.15, 0.2) is 54.6 Å². The van der Waals surface area contributed by atoms with Crippen LogP contribution < -0.4 is 20.4 Å². The van der Waals surface area contributed by atoms with Crippen molar-refractivity contribution in [2.45, 2.75) is 11.8 Å². The average Bonchev–Trinajstić information content (AvgIpc) is 3.00. The first kappa shape index (κ1) is 18.4. The van der Waals surface area contributed by atoms with Gasteiger partial charge >= 0.3 is 17.7 Å². The summed E-state index contributed by atoms with van der Waals surface area (Å²) in [6, 6.07) is 13.7. The molecule has 1 aliphatic rings. The summed E-state index contributed by atoms with van der Waals surface area (Å²) >= 11 is 0. The third kappa shape index (κ3) is 3.23. The first-order chi connectivity index (χ1) is 12.8. The summed E-state index contributed by atoms with van der Waals surface area (Å²) in [5.41, 5.74) is -3.11. The van der Waals surface area contributed by atoms with Crippen LogP contribution in [0.4, 0.5) is 13.2 Å². The van der Waals surface area contributed by atoms with E-state index in [2.05, 4.69) is 10.3 Å². The summed E-state index contributed by atoms with van der Waals surface area (Å²) in [6.07, 6.45) is -5.11. The molecular formula is C18H15F3N3O3+. The molecule has 9 heteroatoms. The number of benzene rings is 2. The number of hydrogen-bond donors (Lipinski definition) is 3. The molecule has 0 fully saturated rings. The zero-order valence-corrected chi connectivity index (χ0v) is 14.1. The number of nitrogens with one attached hydrogen (secondary N) is 3. The molecule has 6 nitrogen and oxygen atoms in total. The van der Waals surface area contributed by atoms with Crippen molar-refractivity contribution in [3.63, 3.8) is 0 Å². The lowest BCUT2D eigenvalue weighted by atomic mass is 10.1. The van der Waals surface area contributed by atoms with Gasteiger partial charge in [0.15, 0.2) is 0 Å². The number of methoxy groups -OCH3 is 1. The van der Waals surface area contributed by atoms with Gasteiger partial charge in [-0.05, 0) is 24.3 Å². The summed E-state index contributed by atoms with van der Waals surface area (Å²) in [5.74, 6) is -2.62. The van der Waals surface area contributed by atoms with Crippen LogP contribution in [0.1, 0.15) is 15.9 Å². The molecule has 0 aromatic heterocycles. The zero-order chi connectivity index (χ0) is 19.7. The molecule has 3 N–H and O–H groups in total. The summed E-state index contributed by atoms with van der Waals surface area (Å²) in [5, 5.41) is 3.94. The van der Waals surface area contributed by atoms with Gasteiger partial charge in [0.05, 0.1) is 18.2 Å². The number of rotatable bonds is 4. The minimum atomic E-state index is -5.11. The van der Waals surface area contributed by atoms with E-state index in [1.54, 1.807) is 29.6 Å². The average molecular weight is 378 g/mol. The van der Waals surface area contributed by atoms with Crippen molar-refractivity contribution in [3.05, 3.63) is 65.7 Å². The Kier molecular flexibility index (Phi) is 4.61. The van der Waals surface area contributed by atoms with Gasteiger partial charge in [0.25, 0.3) is 11.7 Å². The Balaban J connectivity index is 2.03. The first-order valence-electron chi connectivity index (χ1n) is 7.83. The number of hydrogen-bond acceptors (Lipinski definition) is 3. The second-order valence-corrected chi connectivity index (χ2v) is 5.72. The van der Waals surface area contributed by atoms with Gasteiger partial charge in [-0.2, -0.15) is 13.2 Å². The summed E-state index contributed by atoms with van der Waals surface area (Å²) in [4.78, 5) is 26.9. The second-order valence-electron chi connectivity index (χ2n) is 5.72. The molecule has 2 aromatic rings. The van der Waals surface area contributed by atoms with Gasteiger partial charge in [0.1, 0.15) is 5.75 Å². The van der Waals surface area contributed by atoms with Crippen LogP contribution in [-0.2, 0) is 4.79 Å². The predicted octanol–water partition coefficient (Wildman–Crippen LogP) is 0.341. The van der Waals surface area contributed by atoms with Gasteiger partial charge < -0.3 is 4.74 Å². The maximum atomic E-state index is 13.8. The second kappa shape index (κ2) is 6.75. The number of para-hydroxylation sites is 1. The van der Waals surface area contributed by atoms with E-state index in [4.69, 9.17) is 4.74 Å². The minimum absolute atomic E-state index is 0.0815. The van der Waals surface area contributed by atoms with Gasteiger partial charge in [-0.15, -0.1) is 0 Å². The van der Waals surface area contributed by atoms with Crippen LogP contribution in [0, 0.1) is 0 Å². The molecule has 0 radical (unpaired) electrons. The lowest BCUT2D eigenvalue weighted by Crippen LogP contribution is -2.96. The van der Waals surface area contributed by atoms with Crippen molar-refractivity contribution < 1.29 is 32.5 Å². The Morgan fingerprint density at radius 3 is 2.37 bits per heavy atom. The third-order valence-corrected chi connectivity index (χ3v) is 4.03. The Labute approximate surface area is 152 Å². The molecule has 2 amide bonds. The number of alkyl halides is 3. The van der Waals surface area contributed by atoms with Crippen LogP contribution in [-0.4, -0.2) is 36.6 Å². The van der Waals surface area contributed by atoms with E-state index < -0.39 is 23.7 Å². The molecule has 1 atom stereocenters. The molecule has 0 saturated heterocycles. The molecule has 0 unspecified atom stereocenters. The highest BCUT2D eigenvalue weighted by molar-refractivity contribution is 6.12. The normalized spacial score (nSPS) is 19.3. The predicted molar refractivity (Wildman–Crippen MR) is 88.9 cm³/mol. The number of halogens is 3. The van der Waals surface area contributed by atoms with Crippen LogP contribution in [0.2, 0.25) is 0 Å². The molecule has 0 aliphatic carbocycles. The maximum absolute atomic E-state index is 13.8. The molecule has 1 heterocycles. The van der Waals surface area contributed by atoms with Crippen molar-refractivity contribution in [2.75, 3.05) is 7.11 Å². The quantitative estimate of drug-likeness (QED) is 0.718. The van der Waals surface area contributed by atoms with Gasteiger partial charge in [-0.1, -0.05) is 30.3 Å². The fourth-order valence-electron chi connectivity index (χ4n) is 2.66. The SMILES string of the molecule is COc1ccccc1C(=O)N[C@]1(C(F)(F)F)[NH+]=C(c2ccccc2)NC1=O. The van der Waals surface area contributed by atoms with E-state index in [1.807, 2.05) is 0 Å². The molecule has 2 aromatic carbocycles. The van der Waals surface area contributed by atoms with E-state index in [0.29, 0.717) is 5.56 Å². The van der Waals surface area contributed by atoms with Gasteiger partial charge in [-0.3, -0.25) is 10.1 Å². The number of ether oxygens (including phenoxy) is 1. The lowest BCUT2D eigenvalue weighted by molar-refractivity contribution is -0.580. The Morgan fingerprint density at radius 2 is 1.74 bits per heavy atom. The summed E-state index contributed by atoms with van der Waals surface area (Å²) < 4.78 is 46.5. The fourth-order valence-corrected chi connectivity index (χ4v) is 2.66. The van der Waals surface area contributed by atoms with Crippen molar-refractivity contribution in [1.82, 2.24) is 10.6 Å². The van der Waals surface area contributed by atoms with E-state index >= 15 is 0 Å². The minimum Gasteiger partial charge on any atom is -0.496 e. The smallest absolute Gasteiger partial charge is 0.465 e. The topological polar surface area (TPSA) is 81.4 Å². The summed E-state index contributed by atoms with van der Waals surface area (Å²) in [7, 11) is 1.29. The standard InChI is InChI=1S/C18H14F3N3O3/c1-27-13-10-6-5-9-12(13)15(25)24-17(18(19,20)21)16(26)22-14(23-17)11-7-3-2-4-8-11/h2-10H,1H3,(H,24,25)(H,22,23,26)/p+1/t17-/m1/s1. The van der Waals surface area contributed by atoms with Crippen molar-refractivity contribution >= 4 is 17.6 Å². The molecule has 1 aliphatic heterocycles. The lowest BCUT2D eigenvalue weighted by Gasteiger charge is -2.24. The van der Waals surface area contributed by atoms with Gasteiger partial charge in [-0.25, -0.2) is 15.1 Å². The maximum Gasteiger partial charge on any atom is 0.465 e. The number of amides is 2. The van der Waals surface area contributed by atoms with Gasteiger partial charge in [0.2, 0.25) is 0 Å². The largest absolute Gasteiger partial charge is 0.496 e. The molecule has 0 bridgehead atoms.